The van der Waals surface area contributed by atoms with Crippen molar-refractivity contribution in [2.24, 2.45) is 5.92 Å². The number of phenolic OH excluding ortho intramolecular Hbond substituents is 1. The van der Waals surface area contributed by atoms with Crippen LogP contribution >= 0.6 is 0 Å². The second kappa shape index (κ2) is 5.92. The fourth-order valence-corrected chi connectivity index (χ4v) is 2.16. The standard InChI is InChI=1S/C14H18N2O4/c1-9(17)7-15-14(20)10-6-13(19)16(8-10)11-2-4-12(18)5-3-11/h2-5,9-10,17-18H,6-8H2,1H3,(H,15,20)/t9-,10-/m0/s1. The zero-order valence-corrected chi connectivity index (χ0v) is 11.2. The van der Waals surface area contributed by atoms with Gasteiger partial charge in [0.25, 0.3) is 0 Å². The molecule has 0 aliphatic carbocycles. The Balaban J connectivity index is 2.00. The van der Waals surface area contributed by atoms with Crippen LogP contribution in [-0.2, 0) is 9.59 Å². The molecule has 108 valence electrons. The number of hydrogen-bond donors (Lipinski definition) is 3. The van der Waals surface area contributed by atoms with Gasteiger partial charge in [-0.1, -0.05) is 0 Å². The van der Waals surface area contributed by atoms with Gasteiger partial charge < -0.3 is 20.4 Å². The van der Waals surface area contributed by atoms with Crippen molar-refractivity contribution in [2.45, 2.75) is 19.4 Å². The summed E-state index contributed by atoms with van der Waals surface area (Å²) >= 11 is 0. The monoisotopic (exact) mass is 278 g/mol. The Bertz CT molecular complexity index is 498. The Morgan fingerprint density at radius 3 is 2.70 bits per heavy atom. The number of benzene rings is 1. The number of aliphatic hydroxyl groups is 1. The zero-order chi connectivity index (χ0) is 14.7. The van der Waals surface area contributed by atoms with Crippen molar-refractivity contribution in [3.8, 4) is 5.75 Å². The second-order valence-corrected chi connectivity index (χ2v) is 5.02. The van der Waals surface area contributed by atoms with Crippen LogP contribution in [0.2, 0.25) is 0 Å². The number of anilines is 1. The first-order valence-corrected chi connectivity index (χ1v) is 6.52. The van der Waals surface area contributed by atoms with Gasteiger partial charge in [0.2, 0.25) is 11.8 Å². The third-order valence-electron chi connectivity index (χ3n) is 3.23. The molecule has 0 saturated carbocycles. The molecule has 0 spiro atoms. The van der Waals surface area contributed by atoms with Gasteiger partial charge in [0, 0.05) is 25.2 Å². The fourth-order valence-electron chi connectivity index (χ4n) is 2.16. The molecule has 1 aliphatic heterocycles. The first-order chi connectivity index (χ1) is 9.47. The van der Waals surface area contributed by atoms with E-state index in [1.165, 1.54) is 17.0 Å². The minimum Gasteiger partial charge on any atom is -0.508 e. The topological polar surface area (TPSA) is 89.9 Å². The maximum Gasteiger partial charge on any atom is 0.227 e. The van der Waals surface area contributed by atoms with Gasteiger partial charge in [0.1, 0.15) is 5.75 Å². The van der Waals surface area contributed by atoms with Gasteiger partial charge in [-0.25, -0.2) is 0 Å². The number of hydrogen-bond acceptors (Lipinski definition) is 4. The SMILES string of the molecule is C[C@H](O)CNC(=O)[C@H]1CC(=O)N(c2ccc(O)cc2)C1. The van der Waals surface area contributed by atoms with E-state index in [0.717, 1.165) is 0 Å². The van der Waals surface area contributed by atoms with E-state index >= 15 is 0 Å². The molecule has 20 heavy (non-hydrogen) atoms. The summed E-state index contributed by atoms with van der Waals surface area (Å²) in [5.41, 5.74) is 0.665. The molecule has 6 heteroatoms. The van der Waals surface area contributed by atoms with Crippen molar-refractivity contribution in [1.29, 1.82) is 0 Å². The molecule has 0 bridgehead atoms. The molecule has 1 aromatic rings. The minimum absolute atomic E-state index is 0.118. The summed E-state index contributed by atoms with van der Waals surface area (Å²) in [7, 11) is 0. The lowest BCUT2D eigenvalue weighted by Gasteiger charge is -2.17. The Kier molecular flexibility index (Phi) is 4.24. The van der Waals surface area contributed by atoms with Crippen molar-refractivity contribution < 1.29 is 19.8 Å². The zero-order valence-electron chi connectivity index (χ0n) is 11.2. The molecule has 3 N–H and O–H groups in total. The van der Waals surface area contributed by atoms with Crippen LogP contribution in [0.3, 0.4) is 0 Å². The number of aromatic hydroxyl groups is 1. The van der Waals surface area contributed by atoms with Gasteiger partial charge >= 0.3 is 0 Å². The molecular formula is C14H18N2O4. The predicted molar refractivity (Wildman–Crippen MR) is 73.3 cm³/mol. The smallest absolute Gasteiger partial charge is 0.227 e. The molecule has 0 unspecified atom stereocenters. The summed E-state index contributed by atoms with van der Waals surface area (Å²) in [5.74, 6) is -0.616. The van der Waals surface area contributed by atoms with Gasteiger partial charge in [0.15, 0.2) is 0 Å². The first kappa shape index (κ1) is 14.3. The summed E-state index contributed by atoms with van der Waals surface area (Å²) in [5, 5.41) is 21.0. The molecule has 2 atom stereocenters. The van der Waals surface area contributed by atoms with Crippen LogP contribution in [0.15, 0.2) is 24.3 Å². The number of nitrogens with zero attached hydrogens (tertiary/aromatic N) is 1. The molecule has 0 radical (unpaired) electrons. The van der Waals surface area contributed by atoms with Gasteiger partial charge in [-0.15, -0.1) is 0 Å². The van der Waals surface area contributed by atoms with Gasteiger partial charge in [0.05, 0.1) is 12.0 Å². The van der Waals surface area contributed by atoms with Crippen molar-refractivity contribution in [3.63, 3.8) is 0 Å². The highest BCUT2D eigenvalue weighted by Crippen LogP contribution is 2.26. The minimum atomic E-state index is -0.607. The lowest BCUT2D eigenvalue weighted by molar-refractivity contribution is -0.126. The molecule has 2 rings (SSSR count). The van der Waals surface area contributed by atoms with E-state index in [-0.39, 0.29) is 30.5 Å². The number of amides is 2. The van der Waals surface area contributed by atoms with Crippen molar-refractivity contribution >= 4 is 17.5 Å². The van der Waals surface area contributed by atoms with Crippen LogP contribution in [0.1, 0.15) is 13.3 Å². The van der Waals surface area contributed by atoms with E-state index in [2.05, 4.69) is 5.32 Å². The third-order valence-corrected chi connectivity index (χ3v) is 3.23. The van der Waals surface area contributed by atoms with Crippen molar-refractivity contribution in [2.75, 3.05) is 18.0 Å². The molecule has 1 heterocycles. The number of carbonyl (C=O) groups is 2. The highest BCUT2D eigenvalue weighted by Gasteiger charge is 2.34. The highest BCUT2D eigenvalue weighted by molar-refractivity contribution is 6.00. The summed E-state index contributed by atoms with van der Waals surface area (Å²) < 4.78 is 0. The van der Waals surface area contributed by atoms with Crippen LogP contribution in [0.5, 0.6) is 5.75 Å². The quantitative estimate of drug-likeness (QED) is 0.736. The summed E-state index contributed by atoms with van der Waals surface area (Å²) in [6.45, 7) is 2.08. The largest absolute Gasteiger partial charge is 0.508 e. The molecular weight excluding hydrogens is 260 g/mol. The van der Waals surface area contributed by atoms with Gasteiger partial charge in [-0.05, 0) is 31.2 Å². The molecule has 6 nitrogen and oxygen atoms in total. The van der Waals surface area contributed by atoms with Crippen molar-refractivity contribution in [1.82, 2.24) is 5.32 Å². The third kappa shape index (κ3) is 3.27. The Hall–Kier alpha value is -2.08. The fraction of sp³-hybridized carbons (Fsp3) is 0.429. The maximum atomic E-state index is 11.9. The van der Waals surface area contributed by atoms with E-state index in [4.69, 9.17) is 5.11 Å². The van der Waals surface area contributed by atoms with E-state index in [9.17, 15) is 14.7 Å². The van der Waals surface area contributed by atoms with Crippen LogP contribution in [0.25, 0.3) is 0 Å². The number of phenols is 1. The van der Waals surface area contributed by atoms with Crippen LogP contribution in [0, 0.1) is 5.92 Å². The lowest BCUT2D eigenvalue weighted by Crippen LogP contribution is -2.36. The van der Waals surface area contributed by atoms with Gasteiger partial charge in [-0.2, -0.15) is 0 Å². The summed E-state index contributed by atoms with van der Waals surface area (Å²) in [6.07, 6.45) is -0.448. The Labute approximate surface area is 117 Å². The maximum absolute atomic E-state index is 11.9. The molecule has 2 amide bonds. The second-order valence-electron chi connectivity index (χ2n) is 5.02. The molecule has 1 saturated heterocycles. The molecule has 0 aromatic heterocycles. The van der Waals surface area contributed by atoms with E-state index < -0.39 is 12.0 Å². The Morgan fingerprint density at radius 1 is 1.45 bits per heavy atom. The number of aliphatic hydroxyl groups excluding tert-OH is 1. The van der Waals surface area contributed by atoms with Crippen LogP contribution in [-0.4, -0.2) is 41.2 Å². The van der Waals surface area contributed by atoms with Gasteiger partial charge in [-0.3, -0.25) is 9.59 Å². The molecule has 1 aromatic carbocycles. The van der Waals surface area contributed by atoms with E-state index in [1.807, 2.05) is 0 Å². The normalized spacial score (nSPS) is 20.0. The number of rotatable bonds is 4. The predicted octanol–water partition coefficient (Wildman–Crippen LogP) is 0.242. The average molecular weight is 278 g/mol. The van der Waals surface area contributed by atoms with Crippen molar-refractivity contribution in [3.05, 3.63) is 24.3 Å². The van der Waals surface area contributed by atoms with E-state index in [0.29, 0.717) is 12.2 Å². The van der Waals surface area contributed by atoms with Crippen LogP contribution < -0.4 is 10.2 Å². The Morgan fingerprint density at radius 2 is 2.10 bits per heavy atom. The van der Waals surface area contributed by atoms with Crippen LogP contribution in [0.4, 0.5) is 5.69 Å². The highest BCUT2D eigenvalue weighted by atomic mass is 16.3. The summed E-state index contributed by atoms with van der Waals surface area (Å²) in [4.78, 5) is 25.4. The summed E-state index contributed by atoms with van der Waals surface area (Å²) in [6, 6.07) is 6.29. The first-order valence-electron chi connectivity index (χ1n) is 6.52. The van der Waals surface area contributed by atoms with E-state index in [1.54, 1.807) is 19.1 Å². The average Bonchev–Trinajstić information content (AvgIpc) is 2.79. The molecule has 1 fully saturated rings. The lowest BCUT2D eigenvalue weighted by atomic mass is 10.1. The number of nitrogens with one attached hydrogen (secondary N) is 1. The molecule has 1 aliphatic rings. The number of carbonyl (C=O) groups excluding carboxylic acids is 2.